The summed E-state index contributed by atoms with van der Waals surface area (Å²) in [5.41, 5.74) is 0. The van der Waals surface area contributed by atoms with Crippen LogP contribution in [0.2, 0.25) is 0 Å². The first kappa shape index (κ1) is 39.4. The summed E-state index contributed by atoms with van der Waals surface area (Å²) in [6.07, 6.45) is 32.2. The first-order valence-electron chi connectivity index (χ1n) is 17.7. The third-order valence-electron chi connectivity index (χ3n) is 8.03. The first-order valence-corrected chi connectivity index (χ1v) is 17.7. The molecule has 0 aromatic rings. The van der Waals surface area contributed by atoms with E-state index in [1.807, 2.05) is 0 Å². The number of unbranched alkanes of at least 4 members (excludes halogenated alkanes) is 21. The molecule has 0 saturated heterocycles. The van der Waals surface area contributed by atoms with E-state index < -0.39 is 5.97 Å². The van der Waals surface area contributed by atoms with E-state index in [1.165, 1.54) is 103 Å². The summed E-state index contributed by atoms with van der Waals surface area (Å²) in [6.45, 7) is 4.20. The number of carbonyl (C=O) groups is 3. The minimum Gasteiger partial charge on any atom is -0.480 e. The van der Waals surface area contributed by atoms with Gasteiger partial charge in [0.15, 0.2) is 0 Å². The van der Waals surface area contributed by atoms with Gasteiger partial charge in [0.1, 0.15) is 12.6 Å². The molecule has 0 aromatic heterocycles. The number of nitrogens with one attached hydrogen (secondary N) is 1. The van der Waals surface area contributed by atoms with Crippen LogP contribution in [-0.2, 0) is 19.1 Å². The number of hydrogen-bond donors (Lipinski definition) is 2. The fourth-order valence-corrected chi connectivity index (χ4v) is 5.40. The van der Waals surface area contributed by atoms with Gasteiger partial charge >= 0.3 is 11.9 Å². The van der Waals surface area contributed by atoms with Crippen molar-refractivity contribution in [2.45, 2.75) is 200 Å². The third-order valence-corrected chi connectivity index (χ3v) is 8.03. The summed E-state index contributed by atoms with van der Waals surface area (Å²) in [5, 5.41) is 11.0. The zero-order valence-electron chi connectivity index (χ0n) is 27.2. The highest BCUT2D eigenvalue weighted by Crippen LogP contribution is 2.19. The van der Waals surface area contributed by atoms with Crippen molar-refractivity contribution in [1.29, 1.82) is 0 Å². The Morgan fingerprint density at radius 2 is 0.902 bits per heavy atom. The van der Waals surface area contributed by atoms with Crippen molar-refractivity contribution in [2.75, 3.05) is 6.54 Å². The lowest BCUT2D eigenvalue weighted by Crippen LogP contribution is -2.28. The Hall–Kier alpha value is -1.59. The summed E-state index contributed by atoms with van der Waals surface area (Å²) in [4.78, 5) is 34.7. The van der Waals surface area contributed by atoms with Crippen molar-refractivity contribution in [1.82, 2.24) is 5.32 Å². The van der Waals surface area contributed by atoms with E-state index in [9.17, 15) is 14.4 Å². The molecular formula is C35H67NO5. The van der Waals surface area contributed by atoms with Crippen LogP contribution >= 0.6 is 0 Å². The van der Waals surface area contributed by atoms with E-state index in [-0.39, 0.29) is 24.5 Å². The molecule has 6 nitrogen and oxygen atoms in total. The largest absolute Gasteiger partial charge is 0.480 e. The van der Waals surface area contributed by atoms with Gasteiger partial charge in [-0.05, 0) is 38.5 Å². The molecule has 0 heterocycles. The lowest BCUT2D eigenvalue weighted by Gasteiger charge is -2.18. The standard InChI is InChI=1S/C35H67NO5/c1-3-5-7-9-11-13-14-15-16-19-23-27-32(41-35(40)30-26-22-17-12-10-8-6-4-2)28-24-20-18-21-25-29-33(37)36-31-34(38)39/h32H,3-31H2,1-2H3,(H,36,37)(H,38,39). The van der Waals surface area contributed by atoms with Crippen molar-refractivity contribution in [3.05, 3.63) is 0 Å². The van der Waals surface area contributed by atoms with Crippen molar-refractivity contribution < 1.29 is 24.2 Å². The van der Waals surface area contributed by atoms with Gasteiger partial charge in [-0.15, -0.1) is 0 Å². The van der Waals surface area contributed by atoms with Crippen LogP contribution in [0.15, 0.2) is 0 Å². The van der Waals surface area contributed by atoms with Crippen LogP contribution in [0.4, 0.5) is 0 Å². The Morgan fingerprint density at radius 3 is 1.32 bits per heavy atom. The van der Waals surface area contributed by atoms with Crippen LogP contribution in [0.3, 0.4) is 0 Å². The number of esters is 1. The minimum atomic E-state index is -1.01. The van der Waals surface area contributed by atoms with Gasteiger partial charge in [0, 0.05) is 12.8 Å². The van der Waals surface area contributed by atoms with Crippen LogP contribution in [0.25, 0.3) is 0 Å². The summed E-state index contributed by atoms with van der Waals surface area (Å²) >= 11 is 0. The zero-order valence-corrected chi connectivity index (χ0v) is 27.2. The molecule has 0 aliphatic carbocycles. The van der Waals surface area contributed by atoms with Crippen LogP contribution in [0, 0.1) is 0 Å². The number of carboxylic acid groups (broad SMARTS) is 1. The summed E-state index contributed by atoms with van der Waals surface area (Å²) in [7, 11) is 0. The average molecular weight is 582 g/mol. The molecule has 0 aliphatic rings. The van der Waals surface area contributed by atoms with Crippen molar-refractivity contribution >= 4 is 17.8 Å². The van der Waals surface area contributed by atoms with Gasteiger partial charge in [0.25, 0.3) is 0 Å². The monoisotopic (exact) mass is 582 g/mol. The molecular weight excluding hydrogens is 514 g/mol. The molecule has 1 atom stereocenters. The highest BCUT2D eigenvalue weighted by Gasteiger charge is 2.14. The lowest BCUT2D eigenvalue weighted by molar-refractivity contribution is -0.150. The molecule has 0 fully saturated rings. The zero-order chi connectivity index (χ0) is 30.2. The quantitative estimate of drug-likeness (QED) is 0.0609. The number of hydrogen-bond acceptors (Lipinski definition) is 4. The van der Waals surface area contributed by atoms with E-state index in [1.54, 1.807) is 0 Å². The average Bonchev–Trinajstić information content (AvgIpc) is 2.95. The minimum absolute atomic E-state index is 0.0172. The predicted octanol–water partition coefficient (Wildman–Crippen LogP) is 10.1. The molecule has 0 saturated carbocycles. The van der Waals surface area contributed by atoms with Crippen LogP contribution < -0.4 is 5.32 Å². The van der Waals surface area contributed by atoms with Gasteiger partial charge in [-0.2, -0.15) is 0 Å². The molecule has 41 heavy (non-hydrogen) atoms. The van der Waals surface area contributed by atoms with Crippen LogP contribution in [0.5, 0.6) is 0 Å². The van der Waals surface area contributed by atoms with Gasteiger partial charge in [-0.1, -0.05) is 142 Å². The Bertz CT molecular complexity index is 609. The van der Waals surface area contributed by atoms with E-state index in [2.05, 4.69) is 19.2 Å². The number of amides is 1. The molecule has 0 rings (SSSR count). The Balaban J connectivity index is 4.14. The smallest absolute Gasteiger partial charge is 0.322 e. The highest BCUT2D eigenvalue weighted by atomic mass is 16.5. The first-order chi connectivity index (χ1) is 20.0. The number of rotatable bonds is 32. The van der Waals surface area contributed by atoms with Gasteiger partial charge in [0.2, 0.25) is 5.91 Å². The predicted molar refractivity (Wildman–Crippen MR) is 171 cm³/mol. The maximum absolute atomic E-state index is 12.6. The Labute approximate surface area is 253 Å². The van der Waals surface area contributed by atoms with Crippen molar-refractivity contribution in [2.24, 2.45) is 0 Å². The fraction of sp³-hybridized carbons (Fsp3) is 0.914. The van der Waals surface area contributed by atoms with Gasteiger partial charge < -0.3 is 15.2 Å². The Morgan fingerprint density at radius 1 is 0.537 bits per heavy atom. The molecule has 6 heteroatoms. The van der Waals surface area contributed by atoms with Crippen LogP contribution in [0.1, 0.15) is 194 Å². The highest BCUT2D eigenvalue weighted by molar-refractivity contribution is 5.80. The van der Waals surface area contributed by atoms with Gasteiger partial charge in [-0.3, -0.25) is 14.4 Å². The van der Waals surface area contributed by atoms with Crippen LogP contribution in [-0.4, -0.2) is 35.6 Å². The molecule has 242 valence electrons. The SMILES string of the molecule is CCCCCCCCCCCCCC(CCCCCCCC(=O)NCC(=O)O)OC(=O)CCCCCCCCCC. The fourth-order valence-electron chi connectivity index (χ4n) is 5.40. The van der Waals surface area contributed by atoms with E-state index in [0.29, 0.717) is 12.8 Å². The maximum atomic E-state index is 12.6. The van der Waals surface area contributed by atoms with Gasteiger partial charge in [-0.25, -0.2) is 0 Å². The van der Waals surface area contributed by atoms with Gasteiger partial charge in [0.05, 0.1) is 0 Å². The van der Waals surface area contributed by atoms with E-state index >= 15 is 0 Å². The molecule has 0 aliphatic heterocycles. The van der Waals surface area contributed by atoms with Crippen molar-refractivity contribution in [3.63, 3.8) is 0 Å². The van der Waals surface area contributed by atoms with E-state index in [0.717, 1.165) is 64.2 Å². The molecule has 2 N–H and O–H groups in total. The number of carboxylic acids is 1. The molecule has 0 aromatic carbocycles. The second-order valence-corrected chi connectivity index (χ2v) is 12.1. The second-order valence-electron chi connectivity index (χ2n) is 12.1. The number of aliphatic carboxylic acids is 1. The number of ether oxygens (including phenoxy) is 1. The molecule has 0 bridgehead atoms. The molecule has 1 amide bonds. The number of carbonyl (C=O) groups excluding carboxylic acids is 2. The summed E-state index contributed by atoms with van der Waals surface area (Å²) in [6, 6.07) is 0. The van der Waals surface area contributed by atoms with Crippen molar-refractivity contribution in [3.8, 4) is 0 Å². The normalized spacial score (nSPS) is 11.9. The maximum Gasteiger partial charge on any atom is 0.322 e. The topological polar surface area (TPSA) is 92.7 Å². The van der Waals surface area contributed by atoms with E-state index in [4.69, 9.17) is 9.84 Å². The molecule has 0 spiro atoms. The summed E-state index contributed by atoms with van der Waals surface area (Å²) < 4.78 is 5.97. The molecule has 1 unspecified atom stereocenters. The lowest BCUT2D eigenvalue weighted by atomic mass is 10.0. The Kier molecular flexibility index (Phi) is 30.1. The third kappa shape index (κ3) is 31.2. The molecule has 0 radical (unpaired) electrons. The second kappa shape index (κ2) is 31.3. The summed E-state index contributed by atoms with van der Waals surface area (Å²) in [5.74, 6) is -1.22.